The van der Waals surface area contributed by atoms with Crippen molar-refractivity contribution in [1.82, 2.24) is 0 Å². The molecule has 0 unspecified atom stereocenters. The van der Waals surface area contributed by atoms with Gasteiger partial charge in [0, 0.05) is 6.99 Å². The van der Waals surface area contributed by atoms with E-state index in [1.165, 1.54) is 34.5 Å². The molecule has 0 spiro atoms. The van der Waals surface area contributed by atoms with E-state index in [1.807, 2.05) is 12.1 Å². The topological polar surface area (TPSA) is 89.4 Å². The van der Waals surface area contributed by atoms with E-state index in [0.29, 0.717) is 28.4 Å². The van der Waals surface area contributed by atoms with Crippen LogP contribution in [0.3, 0.4) is 0 Å². The summed E-state index contributed by atoms with van der Waals surface area (Å²) in [6.07, 6.45) is 3.37. The molecule has 9 heteroatoms. The van der Waals surface area contributed by atoms with Gasteiger partial charge in [-0.1, -0.05) is 55.8 Å². The molecule has 7 nitrogen and oxygen atoms in total. The van der Waals surface area contributed by atoms with Gasteiger partial charge in [-0.15, -0.1) is 0 Å². The van der Waals surface area contributed by atoms with Crippen LogP contribution in [0.1, 0.15) is 38.9 Å². The van der Waals surface area contributed by atoms with Gasteiger partial charge in [0.1, 0.15) is 5.69 Å². The van der Waals surface area contributed by atoms with Crippen molar-refractivity contribution in [2.45, 2.75) is 31.1 Å². The number of rotatable bonds is 9. The molecule has 202 valence electrons. The average molecular weight is 534 g/mol. The van der Waals surface area contributed by atoms with Gasteiger partial charge in [0.2, 0.25) is 5.75 Å². The van der Waals surface area contributed by atoms with Crippen LogP contribution in [0.25, 0.3) is 12.2 Å². The van der Waals surface area contributed by atoms with Crippen molar-refractivity contribution in [3.8, 4) is 23.0 Å². The molecule has 3 rings (SSSR count). The van der Waals surface area contributed by atoms with Crippen molar-refractivity contribution in [2.24, 2.45) is 0 Å². The monoisotopic (exact) mass is 533 g/mol. The van der Waals surface area contributed by atoms with Gasteiger partial charge >= 0.3 is 0 Å². The Labute approximate surface area is 220 Å². The second-order valence-electron chi connectivity index (χ2n) is 9.26. The van der Waals surface area contributed by atoms with E-state index in [-0.39, 0.29) is 23.2 Å². The largest absolute Gasteiger partial charge is 0.494 e. The molecular weight excluding hydrogens is 497 g/mol. The maximum absolute atomic E-state index is 15.4. The van der Waals surface area contributed by atoms with E-state index in [0.717, 1.165) is 5.56 Å². The maximum Gasteiger partial charge on any atom is 0.203 e. The molecular formula is C28H36FNO6S. The average Bonchev–Trinajstić information content (AvgIpc) is 2.87. The van der Waals surface area contributed by atoms with Crippen LogP contribution >= 0.6 is 10.8 Å². The normalized spacial score (nSPS) is 12.4. The number of hydrogen-bond acceptors (Lipinski definition) is 7. The summed E-state index contributed by atoms with van der Waals surface area (Å²) in [6.45, 7) is 6.20. The summed E-state index contributed by atoms with van der Waals surface area (Å²) in [4.78, 5) is 0.238. The van der Waals surface area contributed by atoms with Gasteiger partial charge in [-0.2, -0.15) is 0 Å². The van der Waals surface area contributed by atoms with Crippen LogP contribution in [0.15, 0.2) is 53.4 Å². The first-order valence-corrected chi connectivity index (χ1v) is 13.0. The van der Waals surface area contributed by atoms with E-state index in [9.17, 15) is 9.11 Å². The van der Waals surface area contributed by atoms with E-state index < -0.39 is 16.6 Å². The Balaban J connectivity index is 0.00000507. The zero-order valence-electron chi connectivity index (χ0n) is 22.1. The molecule has 0 aliphatic heterocycles. The SMILES string of the molecule is COc1ccc(/C=C\c2cc(OC)c(OC)c(OC)c2)c(NS(O)(O)c2ccc(C(C)(C)C)cc2)c1F.[HH]. The fourth-order valence-electron chi connectivity index (χ4n) is 3.70. The zero-order valence-corrected chi connectivity index (χ0v) is 22.9. The summed E-state index contributed by atoms with van der Waals surface area (Å²) in [5, 5.41) is 0. The molecule has 0 aliphatic rings. The first-order chi connectivity index (χ1) is 17.4. The van der Waals surface area contributed by atoms with Gasteiger partial charge in [0.05, 0.1) is 33.3 Å². The van der Waals surface area contributed by atoms with Crippen LogP contribution in [0.5, 0.6) is 23.0 Å². The van der Waals surface area contributed by atoms with Gasteiger partial charge in [-0.3, -0.25) is 13.8 Å². The second-order valence-corrected chi connectivity index (χ2v) is 11.0. The molecule has 0 fully saturated rings. The highest BCUT2D eigenvalue weighted by atomic mass is 32.3. The lowest BCUT2D eigenvalue weighted by Crippen LogP contribution is -2.14. The molecule has 3 aromatic rings. The number of halogens is 1. The van der Waals surface area contributed by atoms with E-state index in [4.69, 9.17) is 18.9 Å². The standard InChI is InChI=1S/C28H34FNO6S.H2/c1-28(2,3)20-11-13-21(14-12-20)37(31,32)30-26-19(10-15-22(33-4)25(26)29)9-8-18-16-23(34-5)27(36-7)24(17-18)35-6;/h8-17,30-32H,1-7H3;1H/b9-8-;. The number of ether oxygens (including phenoxy) is 4. The van der Waals surface area contributed by atoms with Crippen LogP contribution in [0.4, 0.5) is 10.1 Å². The van der Waals surface area contributed by atoms with Crippen LogP contribution in [0.2, 0.25) is 0 Å². The molecule has 0 amide bonds. The van der Waals surface area contributed by atoms with E-state index in [1.54, 1.807) is 42.5 Å². The minimum Gasteiger partial charge on any atom is -0.494 e. The highest BCUT2D eigenvalue weighted by Gasteiger charge is 2.23. The molecule has 0 aromatic heterocycles. The van der Waals surface area contributed by atoms with Crippen LogP contribution in [-0.4, -0.2) is 37.5 Å². The van der Waals surface area contributed by atoms with Crippen molar-refractivity contribution in [3.63, 3.8) is 0 Å². The third-order valence-electron chi connectivity index (χ3n) is 5.79. The Bertz CT molecular complexity index is 1250. The molecule has 0 bridgehead atoms. The minimum atomic E-state index is -3.59. The number of methoxy groups -OCH3 is 4. The highest BCUT2D eigenvalue weighted by molar-refractivity contribution is 8.25. The minimum absolute atomic E-state index is 0. The number of anilines is 1. The van der Waals surface area contributed by atoms with Crippen LogP contribution in [0, 0.1) is 5.82 Å². The summed E-state index contributed by atoms with van der Waals surface area (Å²) >= 11 is 0. The van der Waals surface area contributed by atoms with E-state index in [2.05, 4.69) is 25.5 Å². The Morgan fingerprint density at radius 2 is 1.38 bits per heavy atom. The lowest BCUT2D eigenvalue weighted by molar-refractivity contribution is 0.324. The van der Waals surface area contributed by atoms with Gasteiger partial charge in [-0.25, -0.2) is 4.39 Å². The Kier molecular flexibility index (Phi) is 8.63. The number of benzene rings is 3. The van der Waals surface area contributed by atoms with Gasteiger partial charge in [0.25, 0.3) is 0 Å². The fourth-order valence-corrected chi connectivity index (χ4v) is 4.83. The Hall–Kier alpha value is -3.40. The number of hydrogen-bond donors (Lipinski definition) is 3. The van der Waals surface area contributed by atoms with Crippen molar-refractivity contribution < 1.29 is 33.9 Å². The maximum atomic E-state index is 15.4. The molecule has 0 aliphatic carbocycles. The molecule has 0 saturated carbocycles. The molecule has 0 atom stereocenters. The van der Waals surface area contributed by atoms with Gasteiger partial charge in [0.15, 0.2) is 23.1 Å². The second kappa shape index (κ2) is 11.3. The molecule has 0 radical (unpaired) electrons. The molecule has 3 aromatic carbocycles. The number of nitrogens with one attached hydrogen (secondary N) is 1. The molecule has 3 N–H and O–H groups in total. The van der Waals surface area contributed by atoms with Gasteiger partial charge < -0.3 is 18.9 Å². The third-order valence-corrected chi connectivity index (χ3v) is 7.21. The first kappa shape index (κ1) is 28.2. The predicted octanol–water partition coefficient (Wildman–Crippen LogP) is 7.71. The highest BCUT2D eigenvalue weighted by Crippen LogP contribution is 2.50. The lowest BCUT2D eigenvalue weighted by atomic mass is 9.87. The van der Waals surface area contributed by atoms with Crippen molar-refractivity contribution in [1.29, 1.82) is 0 Å². The Morgan fingerprint density at radius 1 is 0.811 bits per heavy atom. The van der Waals surface area contributed by atoms with Crippen molar-refractivity contribution in [3.05, 3.63) is 71.0 Å². The lowest BCUT2D eigenvalue weighted by Gasteiger charge is -2.35. The molecule has 0 saturated heterocycles. The van der Waals surface area contributed by atoms with Crippen LogP contribution < -0.4 is 23.7 Å². The zero-order chi connectivity index (χ0) is 27.4. The fraction of sp³-hybridized carbons (Fsp3) is 0.286. The molecule has 0 heterocycles. The smallest absolute Gasteiger partial charge is 0.203 e. The summed E-state index contributed by atoms with van der Waals surface area (Å²) in [7, 11) is 2.30. The summed E-state index contributed by atoms with van der Waals surface area (Å²) < 4.78 is 61.2. The van der Waals surface area contributed by atoms with Crippen LogP contribution in [-0.2, 0) is 5.41 Å². The summed E-state index contributed by atoms with van der Waals surface area (Å²) in [5.74, 6) is 0.597. The predicted molar refractivity (Wildman–Crippen MR) is 150 cm³/mol. The quantitative estimate of drug-likeness (QED) is 0.243. The summed E-state index contributed by atoms with van der Waals surface area (Å²) in [5.41, 5.74) is 1.90. The van der Waals surface area contributed by atoms with Crippen molar-refractivity contribution >= 4 is 28.6 Å². The van der Waals surface area contributed by atoms with Gasteiger partial charge in [-0.05, 0) is 52.9 Å². The third kappa shape index (κ3) is 6.30. The van der Waals surface area contributed by atoms with E-state index >= 15 is 4.39 Å². The first-order valence-electron chi connectivity index (χ1n) is 11.5. The van der Waals surface area contributed by atoms with Crippen molar-refractivity contribution in [2.75, 3.05) is 33.2 Å². The molecule has 37 heavy (non-hydrogen) atoms. The summed E-state index contributed by atoms with van der Waals surface area (Å²) in [6, 6.07) is 13.5. The Morgan fingerprint density at radius 3 is 1.86 bits per heavy atom.